The highest BCUT2D eigenvalue weighted by Crippen LogP contribution is 2.70. The third-order valence-electron chi connectivity index (χ3n) is 12.6. The highest BCUT2D eigenvalue weighted by atomic mass is 16.6. The molecule has 0 unspecified atom stereocenters. The number of hydrogen-bond donors (Lipinski definition) is 1. The number of cyclic esters (lactones) is 1. The van der Waals surface area contributed by atoms with Crippen molar-refractivity contribution in [3.63, 3.8) is 0 Å². The Labute approximate surface area is 312 Å². The number of rotatable bonds is 7. The molecule has 5 aliphatic rings. The van der Waals surface area contributed by atoms with Crippen molar-refractivity contribution in [1.29, 1.82) is 0 Å². The van der Waals surface area contributed by atoms with E-state index in [-0.39, 0.29) is 30.4 Å². The fourth-order valence-corrected chi connectivity index (χ4v) is 10.7. The highest BCUT2D eigenvalue weighted by molar-refractivity contribution is 5.98. The Morgan fingerprint density at radius 3 is 2.02 bits per heavy atom. The summed E-state index contributed by atoms with van der Waals surface area (Å²) < 4.78 is 37.5. The predicted octanol–water partition coefficient (Wildman–Crippen LogP) is 4.02. The third-order valence-corrected chi connectivity index (χ3v) is 12.6. The van der Waals surface area contributed by atoms with Crippen molar-refractivity contribution in [3.05, 3.63) is 71.8 Å². The molecule has 0 aromatic heterocycles. The molecule has 2 heterocycles. The lowest BCUT2D eigenvalue weighted by atomic mass is 9.47. The van der Waals surface area contributed by atoms with Gasteiger partial charge in [0.15, 0.2) is 18.0 Å². The van der Waals surface area contributed by atoms with Crippen LogP contribution in [-0.4, -0.2) is 88.6 Å². The molecular formula is C41H46O13. The minimum Gasteiger partial charge on any atom is -0.462 e. The minimum absolute atomic E-state index is 0.0654. The molecule has 2 aromatic carbocycles. The Balaban J connectivity index is 1.51. The predicted molar refractivity (Wildman–Crippen MR) is 186 cm³/mol. The maximum absolute atomic E-state index is 15.8. The molecule has 3 saturated carbocycles. The van der Waals surface area contributed by atoms with Crippen LogP contribution < -0.4 is 0 Å². The molecule has 1 N–H and O–H groups in total. The molecule has 2 aromatic rings. The molecule has 0 radical (unpaired) electrons. The fourth-order valence-electron chi connectivity index (χ4n) is 10.7. The Hall–Kier alpha value is -4.62. The van der Waals surface area contributed by atoms with Crippen LogP contribution in [0.1, 0.15) is 81.5 Å². The first-order chi connectivity index (χ1) is 25.5. The Morgan fingerprint density at radius 1 is 0.852 bits per heavy atom. The summed E-state index contributed by atoms with van der Waals surface area (Å²) in [5.41, 5.74) is -6.72. The second kappa shape index (κ2) is 13.3. The molecule has 12 atom stereocenters. The van der Waals surface area contributed by atoms with Gasteiger partial charge in [-0.3, -0.25) is 19.2 Å². The molecule has 13 nitrogen and oxygen atoms in total. The molecule has 288 valence electrons. The summed E-state index contributed by atoms with van der Waals surface area (Å²) in [5.74, 6) is -9.08. The molecule has 13 heteroatoms. The van der Waals surface area contributed by atoms with Gasteiger partial charge in [0.2, 0.25) is 0 Å². The maximum Gasteiger partial charge on any atom is 0.338 e. The van der Waals surface area contributed by atoms with E-state index in [1.807, 2.05) is 0 Å². The molecule has 2 bridgehead atoms. The van der Waals surface area contributed by atoms with Crippen LogP contribution >= 0.6 is 0 Å². The van der Waals surface area contributed by atoms with E-state index < -0.39 is 118 Å². The molecule has 7 rings (SSSR count). The number of ether oxygens (including phenoxy) is 6. The fraction of sp³-hybridized carbons (Fsp3) is 0.561. The first-order valence-corrected chi connectivity index (χ1v) is 18.5. The smallest absolute Gasteiger partial charge is 0.338 e. The minimum atomic E-state index is -2.09. The lowest BCUT2D eigenvalue weighted by Crippen LogP contribution is -2.71. The number of hydrogen-bond acceptors (Lipinski definition) is 13. The van der Waals surface area contributed by atoms with Crippen LogP contribution in [0.5, 0.6) is 0 Å². The monoisotopic (exact) mass is 746 g/mol. The average molecular weight is 747 g/mol. The van der Waals surface area contributed by atoms with Gasteiger partial charge >= 0.3 is 29.8 Å². The highest BCUT2D eigenvalue weighted by Gasteiger charge is 2.84. The lowest BCUT2D eigenvalue weighted by Gasteiger charge is -2.58. The number of carbonyl (C=O) groups is 6. The van der Waals surface area contributed by atoms with Crippen LogP contribution in [0.25, 0.3) is 0 Å². The van der Waals surface area contributed by atoms with Gasteiger partial charge in [0.25, 0.3) is 0 Å². The van der Waals surface area contributed by atoms with Crippen molar-refractivity contribution >= 4 is 35.6 Å². The second-order valence-electron chi connectivity index (χ2n) is 16.2. The van der Waals surface area contributed by atoms with Crippen LogP contribution in [-0.2, 0) is 47.6 Å². The van der Waals surface area contributed by atoms with Gasteiger partial charge in [-0.1, -0.05) is 50.2 Å². The molecular weight excluding hydrogens is 700 g/mol. The van der Waals surface area contributed by atoms with Crippen LogP contribution in [0.4, 0.5) is 0 Å². The summed E-state index contributed by atoms with van der Waals surface area (Å²) in [6.45, 7) is 9.18. The normalized spacial score (nSPS) is 38.8. The first-order valence-electron chi connectivity index (χ1n) is 18.5. The molecule has 54 heavy (non-hydrogen) atoms. The van der Waals surface area contributed by atoms with E-state index in [4.69, 9.17) is 28.4 Å². The van der Waals surface area contributed by atoms with Crippen molar-refractivity contribution in [3.8, 4) is 0 Å². The zero-order valence-corrected chi connectivity index (χ0v) is 31.1. The van der Waals surface area contributed by atoms with Crippen LogP contribution in [0.2, 0.25) is 0 Å². The largest absolute Gasteiger partial charge is 0.462 e. The summed E-state index contributed by atoms with van der Waals surface area (Å²) in [6.07, 6.45) is -6.23. The molecule has 3 aliphatic carbocycles. The summed E-state index contributed by atoms with van der Waals surface area (Å²) in [5, 5.41) is 13.2. The van der Waals surface area contributed by atoms with Crippen molar-refractivity contribution in [2.45, 2.75) is 102 Å². The van der Waals surface area contributed by atoms with Gasteiger partial charge in [-0.15, -0.1) is 0 Å². The van der Waals surface area contributed by atoms with Gasteiger partial charge in [0.1, 0.15) is 29.0 Å². The van der Waals surface area contributed by atoms with Gasteiger partial charge in [-0.25, -0.2) is 9.59 Å². The standard InChI is InChI=1S/C41H46O13/c1-7-26(43)51-37-39(6)32-28-25(18-27(44)54-38(28,4)5)31(52-35(46)23-14-10-8-11-15-23)33(45)40(32,20-49-39)34(53-36(47)24-16-12-9-13-17-24)29-30(50-22(3)42)21(2)19-41(29,37)48/h8-17,21,25,28-32,34,37,48H,7,18-20H2,1-6H3/t21-,25+,28+,29+,30-,31-,32-,34-,37+,39+,40-,41+/m0/s1. The van der Waals surface area contributed by atoms with Crippen LogP contribution in [0.3, 0.4) is 0 Å². The number of fused-ring (bicyclic) bond motifs is 2. The zero-order chi connectivity index (χ0) is 39.0. The number of benzene rings is 2. The number of Topliss-reactive ketones (excluding diaryl/α,β-unsaturated/α-hetero) is 1. The summed E-state index contributed by atoms with van der Waals surface area (Å²) in [7, 11) is 0. The van der Waals surface area contributed by atoms with E-state index in [9.17, 15) is 29.1 Å². The second-order valence-corrected chi connectivity index (χ2v) is 16.2. The van der Waals surface area contributed by atoms with Crippen molar-refractivity contribution in [2.75, 3.05) is 6.61 Å². The van der Waals surface area contributed by atoms with Gasteiger partial charge in [-0.2, -0.15) is 0 Å². The quantitative estimate of drug-likeness (QED) is 0.318. The van der Waals surface area contributed by atoms with Gasteiger partial charge < -0.3 is 33.5 Å². The zero-order valence-electron chi connectivity index (χ0n) is 31.1. The maximum atomic E-state index is 15.8. The topological polar surface area (TPSA) is 178 Å². The molecule has 0 amide bonds. The molecule has 2 aliphatic heterocycles. The van der Waals surface area contributed by atoms with Crippen LogP contribution in [0, 0.1) is 35.0 Å². The Morgan fingerprint density at radius 2 is 1.44 bits per heavy atom. The van der Waals surface area contributed by atoms with Crippen LogP contribution in [0.15, 0.2) is 60.7 Å². The Bertz CT molecular complexity index is 1860. The molecule has 0 spiro atoms. The van der Waals surface area contributed by atoms with E-state index in [1.54, 1.807) is 71.0 Å². The summed E-state index contributed by atoms with van der Waals surface area (Å²) in [4.78, 5) is 83.3. The first kappa shape index (κ1) is 37.7. The van der Waals surface area contributed by atoms with E-state index >= 15 is 4.79 Å². The van der Waals surface area contributed by atoms with Crippen molar-refractivity contribution in [2.24, 2.45) is 35.0 Å². The Kier molecular flexibility index (Phi) is 9.28. The number of carbonyl (C=O) groups excluding carboxylic acids is 6. The molecule has 5 fully saturated rings. The summed E-state index contributed by atoms with van der Waals surface area (Å²) in [6, 6.07) is 16.2. The van der Waals surface area contributed by atoms with Gasteiger partial charge in [0.05, 0.1) is 35.5 Å². The molecule has 2 saturated heterocycles. The van der Waals surface area contributed by atoms with E-state index in [0.717, 1.165) is 0 Å². The van der Waals surface area contributed by atoms with Gasteiger partial charge in [0, 0.05) is 31.1 Å². The van der Waals surface area contributed by atoms with E-state index in [1.165, 1.54) is 31.2 Å². The van der Waals surface area contributed by atoms with E-state index in [0.29, 0.717) is 0 Å². The number of ketones is 1. The SMILES string of the molecule is CCC(=O)O[C@H]1[C@@]2(O)C[C@H](C)[C@H](OC(C)=O)[C@@H]2[C@H](OC(=O)c2ccccc2)[C@@]23CO[C@]1(C)[C@@H]2[C@H]1[C@@H](CC(=O)OC1(C)C)[C@H](OC(=O)c1ccccc1)C3=O. The average Bonchev–Trinajstić information content (AvgIpc) is 3.55. The lowest BCUT2D eigenvalue weighted by molar-refractivity contribution is -0.237. The van der Waals surface area contributed by atoms with E-state index in [2.05, 4.69) is 0 Å². The number of aliphatic hydroxyl groups is 1. The van der Waals surface area contributed by atoms with Gasteiger partial charge in [-0.05, 0) is 57.4 Å². The number of esters is 5. The third kappa shape index (κ3) is 5.64. The van der Waals surface area contributed by atoms with Crippen molar-refractivity contribution in [1.82, 2.24) is 0 Å². The van der Waals surface area contributed by atoms with Crippen molar-refractivity contribution < 1.29 is 62.3 Å². The summed E-state index contributed by atoms with van der Waals surface area (Å²) >= 11 is 0.